The van der Waals surface area contributed by atoms with Crippen molar-refractivity contribution in [3.8, 4) is 5.75 Å². The number of aryl methyl sites for hydroxylation is 1. The molecule has 4 rings (SSSR count). The van der Waals surface area contributed by atoms with E-state index in [0.717, 1.165) is 16.9 Å². The third-order valence-electron chi connectivity index (χ3n) is 5.26. The molecule has 0 aliphatic heterocycles. The fourth-order valence-corrected chi connectivity index (χ4v) is 3.49. The highest BCUT2D eigenvalue weighted by Crippen LogP contribution is 2.12. The molecule has 32 heavy (non-hydrogen) atoms. The molecule has 0 radical (unpaired) electrons. The van der Waals surface area contributed by atoms with E-state index in [-0.39, 0.29) is 11.5 Å². The van der Waals surface area contributed by atoms with Crippen LogP contribution >= 0.6 is 0 Å². The van der Waals surface area contributed by atoms with E-state index in [0.29, 0.717) is 43.5 Å². The zero-order valence-electron chi connectivity index (χ0n) is 17.9. The molecule has 0 atom stereocenters. The smallest absolute Gasteiger partial charge is 0.264 e. The summed E-state index contributed by atoms with van der Waals surface area (Å²) in [4.78, 5) is 29.4. The molecule has 0 aliphatic carbocycles. The average molecular weight is 431 g/mol. The predicted molar refractivity (Wildman–Crippen MR) is 122 cm³/mol. The maximum atomic E-state index is 12.8. The number of hydrogen-bond acceptors (Lipinski definition) is 5. The van der Waals surface area contributed by atoms with Crippen LogP contribution in [0, 0.1) is 0 Å². The molecule has 164 valence electrons. The number of benzene rings is 2. The minimum atomic E-state index is -0.131. The van der Waals surface area contributed by atoms with Crippen LogP contribution in [0.25, 0.3) is 11.0 Å². The zero-order valence-corrected chi connectivity index (χ0v) is 17.9. The Morgan fingerprint density at radius 1 is 1.06 bits per heavy atom. The number of fused-ring (bicyclic) bond motifs is 1. The molecule has 0 fully saturated rings. The van der Waals surface area contributed by atoms with Crippen LogP contribution in [-0.2, 0) is 24.3 Å². The van der Waals surface area contributed by atoms with Gasteiger partial charge in [0, 0.05) is 13.0 Å². The fourth-order valence-electron chi connectivity index (χ4n) is 3.49. The molecule has 2 heterocycles. The lowest BCUT2D eigenvalue weighted by Crippen LogP contribution is -2.28. The van der Waals surface area contributed by atoms with Crippen LogP contribution in [0.4, 0.5) is 0 Å². The minimum absolute atomic E-state index is 0.0320. The number of nitrogens with zero attached hydrogens (tertiary/aromatic N) is 4. The molecule has 2 aromatic carbocycles. The van der Waals surface area contributed by atoms with Crippen LogP contribution in [0.1, 0.15) is 17.5 Å². The van der Waals surface area contributed by atoms with Gasteiger partial charge in [-0.05, 0) is 29.7 Å². The molecule has 1 N–H and O–H groups in total. The molecule has 4 aromatic rings. The molecule has 0 spiro atoms. The van der Waals surface area contributed by atoms with Gasteiger partial charge in [0.15, 0.2) is 5.65 Å². The van der Waals surface area contributed by atoms with E-state index in [4.69, 9.17) is 4.74 Å². The van der Waals surface area contributed by atoms with Gasteiger partial charge in [0.1, 0.15) is 17.5 Å². The number of nitrogens with one attached hydrogen (secondary N) is 1. The summed E-state index contributed by atoms with van der Waals surface area (Å²) in [6.07, 6.45) is 4.14. The van der Waals surface area contributed by atoms with Gasteiger partial charge in [-0.25, -0.2) is 9.67 Å². The van der Waals surface area contributed by atoms with Crippen molar-refractivity contribution in [1.29, 1.82) is 0 Å². The Kier molecular flexibility index (Phi) is 6.60. The molecular weight excluding hydrogens is 406 g/mol. The summed E-state index contributed by atoms with van der Waals surface area (Å²) in [6, 6.07) is 17.4. The molecule has 0 aliphatic rings. The maximum Gasteiger partial charge on any atom is 0.264 e. The molecular formula is C24H25N5O3. The van der Waals surface area contributed by atoms with Crippen molar-refractivity contribution in [2.75, 3.05) is 13.7 Å². The summed E-state index contributed by atoms with van der Waals surface area (Å²) in [5.41, 5.74) is 2.50. The lowest BCUT2D eigenvalue weighted by Gasteiger charge is -2.08. The van der Waals surface area contributed by atoms with Gasteiger partial charge in [-0.1, -0.05) is 42.5 Å². The van der Waals surface area contributed by atoms with Gasteiger partial charge in [-0.3, -0.25) is 14.2 Å². The molecule has 1 amide bonds. The first-order valence-corrected chi connectivity index (χ1v) is 10.5. The molecule has 8 nitrogen and oxygen atoms in total. The molecule has 0 bridgehead atoms. The maximum absolute atomic E-state index is 12.8. The standard InChI is InChI=1S/C24H25N5O3/c1-32-20-10-7-18(8-11-20)9-12-22(30)25-13-14-29-23-21(15-27-29)24(31)28(17-26-23)16-19-5-3-2-4-6-19/h2-8,10-11,15,17H,9,12-14,16H2,1H3,(H,25,30). The van der Waals surface area contributed by atoms with E-state index in [1.165, 1.54) is 6.20 Å². The van der Waals surface area contributed by atoms with Crippen LogP contribution in [0.5, 0.6) is 5.75 Å². The van der Waals surface area contributed by atoms with Crippen LogP contribution in [-0.4, -0.2) is 38.9 Å². The molecule has 8 heteroatoms. The fraction of sp³-hybridized carbons (Fsp3) is 0.250. The Morgan fingerprint density at radius 2 is 1.84 bits per heavy atom. The Hall–Kier alpha value is -3.94. The van der Waals surface area contributed by atoms with Gasteiger partial charge in [-0.15, -0.1) is 0 Å². The number of carbonyl (C=O) groups is 1. The van der Waals surface area contributed by atoms with E-state index in [2.05, 4.69) is 15.4 Å². The summed E-state index contributed by atoms with van der Waals surface area (Å²) in [5, 5.41) is 7.66. The summed E-state index contributed by atoms with van der Waals surface area (Å²) in [7, 11) is 1.63. The summed E-state index contributed by atoms with van der Waals surface area (Å²) >= 11 is 0. The number of rotatable bonds is 9. The first-order valence-electron chi connectivity index (χ1n) is 10.5. The Labute approximate surface area is 185 Å². The quantitative estimate of drug-likeness (QED) is 0.439. The van der Waals surface area contributed by atoms with Gasteiger partial charge in [-0.2, -0.15) is 5.10 Å². The Balaban J connectivity index is 1.31. The minimum Gasteiger partial charge on any atom is -0.497 e. The van der Waals surface area contributed by atoms with Crippen LogP contribution in [0.2, 0.25) is 0 Å². The van der Waals surface area contributed by atoms with Crippen LogP contribution < -0.4 is 15.6 Å². The Morgan fingerprint density at radius 3 is 2.59 bits per heavy atom. The highest BCUT2D eigenvalue weighted by molar-refractivity contribution is 5.76. The first-order chi connectivity index (χ1) is 15.6. The third kappa shape index (κ3) is 5.03. The summed E-state index contributed by atoms with van der Waals surface area (Å²) in [5.74, 6) is 0.764. The van der Waals surface area contributed by atoms with Gasteiger partial charge in [0.05, 0.1) is 26.4 Å². The zero-order chi connectivity index (χ0) is 22.3. The van der Waals surface area contributed by atoms with Gasteiger partial charge >= 0.3 is 0 Å². The van der Waals surface area contributed by atoms with E-state index < -0.39 is 0 Å². The van der Waals surface area contributed by atoms with Gasteiger partial charge in [0.25, 0.3) is 5.56 Å². The van der Waals surface area contributed by atoms with Crippen LogP contribution in [0.15, 0.2) is 71.9 Å². The van der Waals surface area contributed by atoms with Crippen molar-refractivity contribution in [2.45, 2.75) is 25.9 Å². The van der Waals surface area contributed by atoms with E-state index in [1.54, 1.807) is 22.7 Å². The number of amides is 1. The van der Waals surface area contributed by atoms with E-state index in [9.17, 15) is 9.59 Å². The van der Waals surface area contributed by atoms with E-state index >= 15 is 0 Å². The Bertz CT molecular complexity index is 1250. The number of methoxy groups -OCH3 is 1. The van der Waals surface area contributed by atoms with E-state index in [1.807, 2.05) is 54.6 Å². The number of ether oxygens (including phenoxy) is 1. The number of hydrogen-bond donors (Lipinski definition) is 1. The summed E-state index contributed by atoms with van der Waals surface area (Å²) < 4.78 is 8.36. The normalized spacial score (nSPS) is 10.9. The van der Waals surface area contributed by atoms with Gasteiger partial charge in [0.2, 0.25) is 5.91 Å². The second kappa shape index (κ2) is 9.91. The predicted octanol–water partition coefficient (Wildman–Crippen LogP) is 2.40. The van der Waals surface area contributed by atoms with Crippen LogP contribution in [0.3, 0.4) is 0 Å². The monoisotopic (exact) mass is 431 g/mol. The molecule has 0 unspecified atom stereocenters. The average Bonchev–Trinajstić information content (AvgIpc) is 3.24. The largest absolute Gasteiger partial charge is 0.497 e. The van der Waals surface area contributed by atoms with Crippen molar-refractivity contribution >= 4 is 16.9 Å². The molecule has 2 aromatic heterocycles. The van der Waals surface area contributed by atoms with Crippen molar-refractivity contribution in [2.24, 2.45) is 0 Å². The topological polar surface area (TPSA) is 91.0 Å². The molecule has 0 saturated heterocycles. The van der Waals surface area contributed by atoms with Crippen molar-refractivity contribution in [3.63, 3.8) is 0 Å². The lowest BCUT2D eigenvalue weighted by molar-refractivity contribution is -0.121. The second-order valence-corrected chi connectivity index (χ2v) is 7.47. The number of aromatic nitrogens is 4. The van der Waals surface area contributed by atoms with Crippen molar-refractivity contribution in [3.05, 3.63) is 88.6 Å². The van der Waals surface area contributed by atoms with Gasteiger partial charge < -0.3 is 10.1 Å². The highest BCUT2D eigenvalue weighted by Gasteiger charge is 2.11. The second-order valence-electron chi connectivity index (χ2n) is 7.47. The third-order valence-corrected chi connectivity index (χ3v) is 5.26. The van der Waals surface area contributed by atoms with Crippen molar-refractivity contribution < 1.29 is 9.53 Å². The molecule has 0 saturated carbocycles. The first kappa shape index (κ1) is 21.3. The SMILES string of the molecule is COc1ccc(CCC(=O)NCCn2ncc3c(=O)n(Cc4ccccc4)cnc32)cc1. The van der Waals surface area contributed by atoms with Crippen molar-refractivity contribution in [1.82, 2.24) is 24.6 Å². The summed E-state index contributed by atoms with van der Waals surface area (Å²) in [6.45, 7) is 1.30. The lowest BCUT2D eigenvalue weighted by atomic mass is 10.1. The number of carbonyl (C=O) groups excluding carboxylic acids is 1. The highest BCUT2D eigenvalue weighted by atomic mass is 16.5.